The molecule has 16 heavy (non-hydrogen) atoms. The first-order chi connectivity index (χ1) is 7.93. The Morgan fingerprint density at radius 3 is 2.94 bits per heavy atom. The van der Waals surface area contributed by atoms with Gasteiger partial charge >= 0.3 is 0 Å². The Labute approximate surface area is 95.6 Å². The molecule has 2 atom stereocenters. The van der Waals surface area contributed by atoms with Crippen LogP contribution in [0.1, 0.15) is 24.8 Å². The molecular weight excluding hydrogens is 198 g/mol. The second-order valence-electron chi connectivity index (χ2n) is 4.44. The van der Waals surface area contributed by atoms with Gasteiger partial charge in [0, 0.05) is 12.3 Å². The van der Waals surface area contributed by atoms with Crippen LogP contribution in [0.15, 0.2) is 47.6 Å². The number of fused-ring (bicyclic) bond motifs is 1. The third-order valence-electron chi connectivity index (χ3n) is 3.34. The van der Waals surface area contributed by atoms with Crippen LogP contribution >= 0.6 is 0 Å². The quantitative estimate of drug-likeness (QED) is 0.657. The molecule has 82 valence electrons. The molecule has 0 N–H and O–H groups in total. The van der Waals surface area contributed by atoms with Crippen LogP contribution in [0, 0.1) is 5.92 Å². The Morgan fingerprint density at radius 1 is 1.19 bits per heavy atom. The molecule has 0 fully saturated rings. The smallest absolute Gasteiger partial charge is 0.148 e. The van der Waals surface area contributed by atoms with Gasteiger partial charge in [0.15, 0.2) is 0 Å². The zero-order valence-electron chi connectivity index (χ0n) is 9.17. The lowest BCUT2D eigenvalue weighted by molar-refractivity contribution is 0.0318. The van der Waals surface area contributed by atoms with E-state index in [4.69, 9.17) is 4.84 Å². The Kier molecular flexibility index (Phi) is 2.49. The van der Waals surface area contributed by atoms with Crippen molar-refractivity contribution in [2.75, 3.05) is 0 Å². The van der Waals surface area contributed by atoms with Crippen molar-refractivity contribution in [3.8, 4) is 0 Å². The van der Waals surface area contributed by atoms with Gasteiger partial charge in [-0.2, -0.15) is 0 Å². The van der Waals surface area contributed by atoms with E-state index < -0.39 is 0 Å². The highest BCUT2D eigenvalue weighted by Gasteiger charge is 2.29. The predicted molar refractivity (Wildman–Crippen MR) is 64.3 cm³/mol. The van der Waals surface area contributed by atoms with E-state index in [0.717, 1.165) is 12.1 Å². The molecule has 2 heteroatoms. The van der Waals surface area contributed by atoms with E-state index in [9.17, 15) is 0 Å². The second kappa shape index (κ2) is 4.12. The van der Waals surface area contributed by atoms with E-state index >= 15 is 0 Å². The highest BCUT2D eigenvalue weighted by Crippen LogP contribution is 2.30. The summed E-state index contributed by atoms with van der Waals surface area (Å²) < 4.78 is 0. The Hall–Kier alpha value is -1.57. The van der Waals surface area contributed by atoms with Crippen molar-refractivity contribution >= 4 is 5.71 Å². The number of hydrogen-bond acceptors (Lipinski definition) is 2. The standard InChI is InChI=1S/C14H15NO/c1-2-6-11(7-3-1)13-10-12-8-4-5-9-14(12)16-15-13/h1-3,5-7,9,12,14H,4,8,10H2/t12-,14-/m0/s1. The molecule has 0 radical (unpaired) electrons. The van der Waals surface area contributed by atoms with E-state index in [1.807, 2.05) is 18.2 Å². The van der Waals surface area contributed by atoms with Gasteiger partial charge in [0.25, 0.3) is 0 Å². The van der Waals surface area contributed by atoms with Crippen molar-refractivity contribution in [2.24, 2.45) is 11.1 Å². The Morgan fingerprint density at radius 2 is 2.06 bits per heavy atom. The summed E-state index contributed by atoms with van der Waals surface area (Å²) in [6, 6.07) is 10.3. The fourth-order valence-corrected chi connectivity index (χ4v) is 2.41. The summed E-state index contributed by atoms with van der Waals surface area (Å²) in [7, 11) is 0. The topological polar surface area (TPSA) is 21.6 Å². The third kappa shape index (κ3) is 1.75. The molecule has 0 aromatic heterocycles. The first-order valence-corrected chi connectivity index (χ1v) is 5.88. The van der Waals surface area contributed by atoms with Crippen LogP contribution in [0.25, 0.3) is 0 Å². The van der Waals surface area contributed by atoms with Crippen LogP contribution < -0.4 is 0 Å². The summed E-state index contributed by atoms with van der Waals surface area (Å²) in [6.45, 7) is 0. The van der Waals surface area contributed by atoms with Gasteiger partial charge in [0.2, 0.25) is 0 Å². The molecule has 0 unspecified atom stereocenters. The normalized spacial score (nSPS) is 27.9. The van der Waals surface area contributed by atoms with E-state index in [1.54, 1.807) is 0 Å². The van der Waals surface area contributed by atoms with Gasteiger partial charge in [-0.1, -0.05) is 41.6 Å². The zero-order chi connectivity index (χ0) is 10.8. The minimum atomic E-state index is 0.209. The minimum Gasteiger partial charge on any atom is -0.388 e. The number of oxime groups is 1. The highest BCUT2D eigenvalue weighted by atomic mass is 16.6. The monoisotopic (exact) mass is 213 g/mol. The van der Waals surface area contributed by atoms with Crippen molar-refractivity contribution in [1.29, 1.82) is 0 Å². The highest BCUT2D eigenvalue weighted by molar-refractivity contribution is 6.00. The summed E-state index contributed by atoms with van der Waals surface area (Å²) in [5, 5.41) is 4.25. The van der Waals surface area contributed by atoms with Crippen molar-refractivity contribution in [1.82, 2.24) is 0 Å². The zero-order valence-corrected chi connectivity index (χ0v) is 9.17. The molecular formula is C14H15NO. The lowest BCUT2D eigenvalue weighted by atomic mass is 9.85. The molecule has 1 aliphatic heterocycles. The van der Waals surface area contributed by atoms with Crippen LogP contribution in [-0.4, -0.2) is 11.8 Å². The fourth-order valence-electron chi connectivity index (χ4n) is 2.41. The number of allylic oxidation sites excluding steroid dienone is 1. The van der Waals surface area contributed by atoms with Crippen molar-refractivity contribution in [3.05, 3.63) is 48.0 Å². The van der Waals surface area contributed by atoms with E-state index in [0.29, 0.717) is 5.92 Å². The molecule has 2 nitrogen and oxygen atoms in total. The van der Waals surface area contributed by atoms with E-state index in [-0.39, 0.29) is 6.10 Å². The molecule has 0 saturated carbocycles. The van der Waals surface area contributed by atoms with Crippen LogP contribution in [-0.2, 0) is 4.84 Å². The average molecular weight is 213 g/mol. The third-order valence-corrected chi connectivity index (χ3v) is 3.34. The minimum absolute atomic E-state index is 0.209. The number of rotatable bonds is 1. The molecule has 0 amide bonds. The molecule has 0 bridgehead atoms. The maximum Gasteiger partial charge on any atom is 0.148 e. The summed E-state index contributed by atoms with van der Waals surface area (Å²) >= 11 is 0. The Balaban J connectivity index is 1.84. The molecule has 2 aliphatic rings. The van der Waals surface area contributed by atoms with E-state index in [2.05, 4.69) is 29.4 Å². The lowest BCUT2D eigenvalue weighted by Gasteiger charge is -2.30. The Bertz CT molecular complexity index is 422. The molecule has 1 aromatic rings. The van der Waals surface area contributed by atoms with Crippen LogP contribution in [0.2, 0.25) is 0 Å². The molecule has 1 aromatic carbocycles. The van der Waals surface area contributed by atoms with Gasteiger partial charge < -0.3 is 4.84 Å². The number of nitrogens with zero attached hydrogens (tertiary/aromatic N) is 1. The lowest BCUT2D eigenvalue weighted by Crippen LogP contribution is -2.30. The SMILES string of the molecule is C1=C[C@@H]2ON=C(c3ccccc3)C[C@@H]2CC1. The molecule has 1 heterocycles. The molecule has 0 spiro atoms. The van der Waals surface area contributed by atoms with Gasteiger partial charge in [-0.25, -0.2) is 0 Å². The van der Waals surface area contributed by atoms with Crippen molar-refractivity contribution < 1.29 is 4.84 Å². The van der Waals surface area contributed by atoms with Crippen LogP contribution in [0.4, 0.5) is 0 Å². The first-order valence-electron chi connectivity index (χ1n) is 5.88. The summed E-state index contributed by atoms with van der Waals surface area (Å²) in [6.07, 6.45) is 7.99. The summed E-state index contributed by atoms with van der Waals surface area (Å²) in [4.78, 5) is 5.55. The van der Waals surface area contributed by atoms with Gasteiger partial charge in [0.05, 0.1) is 5.71 Å². The van der Waals surface area contributed by atoms with Crippen molar-refractivity contribution in [3.63, 3.8) is 0 Å². The number of hydrogen-bond donors (Lipinski definition) is 0. The van der Waals surface area contributed by atoms with Gasteiger partial charge in [0.1, 0.15) is 6.10 Å². The average Bonchev–Trinajstić information content (AvgIpc) is 2.39. The van der Waals surface area contributed by atoms with Gasteiger partial charge in [-0.3, -0.25) is 0 Å². The largest absolute Gasteiger partial charge is 0.388 e. The number of benzene rings is 1. The maximum atomic E-state index is 5.55. The summed E-state index contributed by atoms with van der Waals surface area (Å²) in [5.41, 5.74) is 2.28. The maximum absolute atomic E-state index is 5.55. The first kappa shape index (κ1) is 9.64. The second-order valence-corrected chi connectivity index (χ2v) is 4.44. The molecule has 0 saturated heterocycles. The van der Waals surface area contributed by atoms with Crippen molar-refractivity contribution in [2.45, 2.75) is 25.4 Å². The fraction of sp³-hybridized carbons (Fsp3) is 0.357. The predicted octanol–water partition coefficient (Wildman–Crippen LogP) is 3.15. The van der Waals surface area contributed by atoms with Crippen LogP contribution in [0.3, 0.4) is 0 Å². The van der Waals surface area contributed by atoms with Gasteiger partial charge in [-0.15, -0.1) is 0 Å². The summed E-state index contributed by atoms with van der Waals surface area (Å²) in [5.74, 6) is 0.609. The van der Waals surface area contributed by atoms with Crippen LogP contribution in [0.5, 0.6) is 0 Å². The molecule has 1 aliphatic carbocycles. The van der Waals surface area contributed by atoms with Gasteiger partial charge in [-0.05, 0) is 24.5 Å². The van der Waals surface area contributed by atoms with E-state index in [1.165, 1.54) is 18.4 Å². The molecule has 3 rings (SSSR count).